The van der Waals surface area contributed by atoms with E-state index in [1.165, 1.54) is 6.07 Å². The van der Waals surface area contributed by atoms with Crippen LogP contribution in [-0.4, -0.2) is 68.8 Å². The summed E-state index contributed by atoms with van der Waals surface area (Å²) in [6.07, 6.45) is 1.88. The van der Waals surface area contributed by atoms with E-state index in [0.29, 0.717) is 29.9 Å². The summed E-state index contributed by atoms with van der Waals surface area (Å²) in [5.41, 5.74) is 1.40. The molecule has 4 rings (SSSR count). The Morgan fingerprint density at radius 1 is 1.03 bits per heavy atom. The number of morpholine rings is 1. The molecule has 2 aromatic rings. The minimum absolute atomic E-state index is 0.0222. The first-order valence-corrected chi connectivity index (χ1v) is 12.3. The van der Waals surface area contributed by atoms with Crippen molar-refractivity contribution in [2.45, 2.75) is 24.7 Å². The van der Waals surface area contributed by atoms with E-state index in [1.54, 1.807) is 30.0 Å². The highest BCUT2D eigenvalue weighted by atomic mass is 32.2. The van der Waals surface area contributed by atoms with Crippen molar-refractivity contribution in [2.24, 2.45) is 0 Å². The Balaban J connectivity index is 1.62. The molecule has 176 valence electrons. The van der Waals surface area contributed by atoms with Crippen LogP contribution in [0.15, 0.2) is 41.3 Å². The Morgan fingerprint density at radius 2 is 1.73 bits per heavy atom. The van der Waals surface area contributed by atoms with E-state index in [9.17, 15) is 22.4 Å². The van der Waals surface area contributed by atoms with Gasteiger partial charge in [0.15, 0.2) is 0 Å². The maximum Gasteiger partial charge on any atom is 0.255 e. The van der Waals surface area contributed by atoms with Crippen molar-refractivity contribution in [1.82, 2.24) is 9.21 Å². The summed E-state index contributed by atoms with van der Waals surface area (Å²) in [7, 11) is -4.12. The van der Waals surface area contributed by atoms with Crippen molar-refractivity contribution in [2.75, 3.05) is 44.7 Å². The van der Waals surface area contributed by atoms with Crippen LogP contribution in [0.5, 0.6) is 0 Å². The van der Waals surface area contributed by atoms with Gasteiger partial charge in [-0.2, -0.15) is 4.31 Å². The van der Waals surface area contributed by atoms with Crippen LogP contribution in [0.3, 0.4) is 0 Å². The number of nitrogens with zero attached hydrogens (tertiary/aromatic N) is 2. The lowest BCUT2D eigenvalue weighted by atomic mass is 10.1. The van der Waals surface area contributed by atoms with Crippen LogP contribution in [0.1, 0.15) is 39.1 Å². The summed E-state index contributed by atoms with van der Waals surface area (Å²) in [5, 5.41) is 2.74. The summed E-state index contributed by atoms with van der Waals surface area (Å²) in [6, 6.07) is 8.41. The number of aryl methyl sites for hydroxylation is 1. The number of nitrogens with one attached hydrogen (secondary N) is 1. The highest BCUT2D eigenvalue weighted by Gasteiger charge is 2.30. The number of amides is 2. The number of ether oxygens (including phenoxy) is 1. The predicted molar refractivity (Wildman–Crippen MR) is 120 cm³/mol. The molecule has 10 heteroatoms. The number of halogens is 1. The van der Waals surface area contributed by atoms with Crippen LogP contribution in [-0.2, 0) is 14.8 Å². The van der Waals surface area contributed by atoms with E-state index in [4.69, 9.17) is 4.74 Å². The average Bonchev–Trinajstić information content (AvgIpc) is 3.35. The normalized spacial score (nSPS) is 17.2. The van der Waals surface area contributed by atoms with Gasteiger partial charge >= 0.3 is 0 Å². The Bertz CT molecular complexity index is 1170. The van der Waals surface area contributed by atoms with Crippen LogP contribution >= 0.6 is 0 Å². The number of hydrogen-bond donors (Lipinski definition) is 1. The average molecular weight is 476 g/mol. The summed E-state index contributed by atoms with van der Waals surface area (Å²) < 4.78 is 46.7. The lowest BCUT2D eigenvalue weighted by Crippen LogP contribution is -2.41. The Hall–Kier alpha value is -2.82. The largest absolute Gasteiger partial charge is 0.379 e. The quantitative estimate of drug-likeness (QED) is 0.717. The van der Waals surface area contributed by atoms with Gasteiger partial charge in [0.1, 0.15) is 10.7 Å². The molecule has 2 aromatic carbocycles. The van der Waals surface area contributed by atoms with E-state index in [1.807, 2.05) is 0 Å². The highest BCUT2D eigenvalue weighted by molar-refractivity contribution is 7.89. The van der Waals surface area contributed by atoms with Gasteiger partial charge in [0, 0.05) is 31.7 Å². The Kier molecular flexibility index (Phi) is 6.78. The molecular formula is C23H26FN3O5S. The highest BCUT2D eigenvalue weighted by Crippen LogP contribution is 2.26. The van der Waals surface area contributed by atoms with Crippen LogP contribution in [0.2, 0.25) is 0 Å². The first-order valence-electron chi connectivity index (χ1n) is 10.9. The zero-order valence-corrected chi connectivity index (χ0v) is 19.2. The smallest absolute Gasteiger partial charge is 0.255 e. The van der Waals surface area contributed by atoms with Gasteiger partial charge in [0.2, 0.25) is 10.0 Å². The third kappa shape index (κ3) is 4.78. The number of likely N-dealkylation sites (tertiary alicyclic amines) is 1. The minimum atomic E-state index is -4.12. The van der Waals surface area contributed by atoms with Crippen molar-refractivity contribution < 1.29 is 27.1 Å². The predicted octanol–water partition coefficient (Wildman–Crippen LogP) is 2.64. The maximum absolute atomic E-state index is 14.5. The molecule has 2 aliphatic rings. The molecule has 2 heterocycles. The number of hydrogen-bond acceptors (Lipinski definition) is 5. The van der Waals surface area contributed by atoms with Gasteiger partial charge in [-0.25, -0.2) is 12.8 Å². The van der Waals surface area contributed by atoms with Crippen molar-refractivity contribution >= 4 is 27.5 Å². The van der Waals surface area contributed by atoms with Crippen LogP contribution in [0.4, 0.5) is 10.1 Å². The molecule has 1 N–H and O–H groups in total. The van der Waals surface area contributed by atoms with Gasteiger partial charge in [0.25, 0.3) is 11.8 Å². The fourth-order valence-electron chi connectivity index (χ4n) is 4.06. The molecule has 0 aromatic heterocycles. The molecule has 2 saturated heterocycles. The molecule has 2 aliphatic heterocycles. The molecule has 0 unspecified atom stereocenters. The van der Waals surface area contributed by atoms with Crippen molar-refractivity contribution in [3.8, 4) is 0 Å². The second-order valence-electron chi connectivity index (χ2n) is 8.11. The SMILES string of the molecule is Cc1cccc(C(=O)N2CCCC2)c1NC(=O)c1ccc(F)c(S(=O)(=O)N2CCOCC2)c1. The molecular weight excluding hydrogens is 449 g/mol. The first-order chi connectivity index (χ1) is 15.8. The van der Waals surface area contributed by atoms with E-state index in [-0.39, 0.29) is 37.8 Å². The molecule has 2 fully saturated rings. The molecule has 0 saturated carbocycles. The van der Waals surface area contributed by atoms with Gasteiger partial charge in [-0.15, -0.1) is 0 Å². The van der Waals surface area contributed by atoms with E-state index >= 15 is 0 Å². The van der Waals surface area contributed by atoms with E-state index < -0.39 is 26.6 Å². The van der Waals surface area contributed by atoms with E-state index in [2.05, 4.69) is 5.32 Å². The fourth-order valence-corrected chi connectivity index (χ4v) is 5.55. The molecule has 0 spiro atoms. The molecule has 33 heavy (non-hydrogen) atoms. The second kappa shape index (κ2) is 9.58. The van der Waals surface area contributed by atoms with Crippen LogP contribution in [0.25, 0.3) is 0 Å². The lowest BCUT2D eigenvalue weighted by Gasteiger charge is -2.26. The Labute approximate surface area is 192 Å². The molecule has 0 aliphatic carbocycles. The minimum Gasteiger partial charge on any atom is -0.379 e. The zero-order valence-electron chi connectivity index (χ0n) is 18.3. The monoisotopic (exact) mass is 475 g/mol. The third-order valence-electron chi connectivity index (χ3n) is 5.92. The lowest BCUT2D eigenvalue weighted by molar-refractivity contribution is 0.0729. The van der Waals surface area contributed by atoms with Crippen molar-refractivity contribution in [3.63, 3.8) is 0 Å². The number of carbonyl (C=O) groups is 2. The number of anilines is 1. The third-order valence-corrected chi connectivity index (χ3v) is 7.83. The van der Waals surface area contributed by atoms with Gasteiger partial charge in [-0.05, 0) is 49.6 Å². The number of benzene rings is 2. The second-order valence-corrected chi connectivity index (χ2v) is 10.0. The van der Waals surface area contributed by atoms with Crippen molar-refractivity contribution in [1.29, 1.82) is 0 Å². The number of carbonyl (C=O) groups excluding carboxylic acids is 2. The summed E-state index contributed by atoms with van der Waals surface area (Å²) in [4.78, 5) is 27.2. The number of para-hydroxylation sites is 1. The van der Waals surface area contributed by atoms with Gasteiger partial charge in [0.05, 0.1) is 24.5 Å². The zero-order chi connectivity index (χ0) is 23.6. The van der Waals surface area contributed by atoms with Crippen LogP contribution < -0.4 is 5.32 Å². The standard InChI is InChI=1S/C23H26FN3O5S/c1-16-5-4-6-18(23(29)26-9-2-3-10-26)21(16)25-22(28)17-7-8-19(24)20(15-17)33(30,31)27-11-13-32-14-12-27/h4-8,15H,2-3,9-14H2,1H3,(H,25,28). The van der Waals surface area contributed by atoms with E-state index in [0.717, 1.165) is 29.3 Å². The van der Waals surface area contributed by atoms with Crippen LogP contribution in [0, 0.1) is 12.7 Å². The molecule has 0 atom stereocenters. The summed E-state index contributed by atoms with van der Waals surface area (Å²) >= 11 is 0. The molecule has 0 bridgehead atoms. The van der Waals surface area contributed by atoms with Crippen molar-refractivity contribution in [3.05, 3.63) is 58.9 Å². The first kappa shape index (κ1) is 23.3. The Morgan fingerprint density at radius 3 is 2.42 bits per heavy atom. The summed E-state index contributed by atoms with van der Waals surface area (Å²) in [6.45, 7) is 3.79. The molecule has 0 radical (unpaired) electrons. The van der Waals surface area contributed by atoms with Gasteiger partial charge < -0.3 is 15.0 Å². The maximum atomic E-state index is 14.5. The summed E-state index contributed by atoms with van der Waals surface area (Å²) in [5.74, 6) is -1.72. The number of sulfonamides is 1. The van der Waals surface area contributed by atoms with Gasteiger partial charge in [-0.1, -0.05) is 12.1 Å². The molecule has 8 nitrogen and oxygen atoms in total. The van der Waals surface area contributed by atoms with Gasteiger partial charge in [-0.3, -0.25) is 9.59 Å². The fraction of sp³-hybridized carbons (Fsp3) is 0.391. The molecule has 2 amide bonds. The topological polar surface area (TPSA) is 96.0 Å². The number of rotatable bonds is 5.